The molecule has 0 radical (unpaired) electrons. The highest BCUT2D eigenvalue weighted by Gasteiger charge is 2.14. The number of furan rings is 1. The quantitative estimate of drug-likeness (QED) is 0.219. The summed E-state index contributed by atoms with van der Waals surface area (Å²) in [6.45, 7) is 10.3. The van der Waals surface area contributed by atoms with Crippen molar-refractivity contribution in [3.8, 4) is 23.0 Å². The Labute approximate surface area is 204 Å². The van der Waals surface area contributed by atoms with E-state index < -0.39 is 11.9 Å². The predicted molar refractivity (Wildman–Crippen MR) is 131 cm³/mol. The van der Waals surface area contributed by atoms with E-state index >= 15 is 0 Å². The third-order valence-corrected chi connectivity index (χ3v) is 5.03. The number of methoxy groups -OCH3 is 2. The maximum atomic E-state index is 11.8. The minimum Gasteiger partial charge on any atom is -0.493 e. The molecule has 0 aliphatic rings. The first kappa shape index (κ1) is 25.4. The van der Waals surface area contributed by atoms with Crippen LogP contribution in [0.5, 0.6) is 23.0 Å². The Morgan fingerprint density at radius 2 is 1.09 bits per heavy atom. The van der Waals surface area contributed by atoms with E-state index in [0.717, 1.165) is 22.6 Å². The third-order valence-electron chi connectivity index (χ3n) is 5.03. The molecule has 0 saturated carbocycles. The van der Waals surface area contributed by atoms with E-state index in [1.165, 1.54) is 14.2 Å². The number of ether oxygens (including phenoxy) is 4. The summed E-state index contributed by atoms with van der Waals surface area (Å²) < 4.78 is 27.4. The first-order valence-corrected chi connectivity index (χ1v) is 10.9. The van der Waals surface area contributed by atoms with Gasteiger partial charge in [0.15, 0.2) is 23.0 Å². The van der Waals surface area contributed by atoms with E-state index in [2.05, 4.69) is 13.2 Å². The largest absolute Gasteiger partial charge is 0.493 e. The van der Waals surface area contributed by atoms with E-state index in [0.29, 0.717) is 47.0 Å². The lowest BCUT2D eigenvalue weighted by atomic mass is 10.1. The van der Waals surface area contributed by atoms with Crippen LogP contribution in [-0.4, -0.2) is 26.2 Å². The van der Waals surface area contributed by atoms with Crippen LogP contribution in [0.2, 0.25) is 0 Å². The smallest absolute Gasteiger partial charge is 0.338 e. The molecule has 0 atom stereocenters. The Morgan fingerprint density at radius 3 is 1.43 bits per heavy atom. The van der Waals surface area contributed by atoms with Crippen LogP contribution < -0.4 is 18.9 Å². The van der Waals surface area contributed by atoms with Gasteiger partial charge >= 0.3 is 11.9 Å². The molecule has 1 aromatic heterocycles. The van der Waals surface area contributed by atoms with Gasteiger partial charge in [-0.1, -0.05) is 25.3 Å². The number of carbonyl (C=O) groups excluding carboxylic acids is 2. The third kappa shape index (κ3) is 6.63. The summed E-state index contributed by atoms with van der Waals surface area (Å²) in [5, 5.41) is 0. The lowest BCUT2D eigenvalue weighted by Crippen LogP contribution is -2.09. The van der Waals surface area contributed by atoms with E-state index in [9.17, 15) is 9.59 Å². The van der Waals surface area contributed by atoms with Gasteiger partial charge in [-0.2, -0.15) is 0 Å². The fourth-order valence-electron chi connectivity index (χ4n) is 3.20. The highest BCUT2D eigenvalue weighted by Crippen LogP contribution is 2.31. The Balaban J connectivity index is 1.70. The summed E-state index contributed by atoms with van der Waals surface area (Å²) in [6.07, 6.45) is 1.06. The molecule has 3 aromatic rings. The molecule has 35 heavy (non-hydrogen) atoms. The van der Waals surface area contributed by atoms with Gasteiger partial charge in [-0.25, -0.2) is 9.59 Å². The maximum absolute atomic E-state index is 11.8. The molecule has 0 N–H and O–H groups in total. The van der Waals surface area contributed by atoms with Crippen molar-refractivity contribution in [2.24, 2.45) is 0 Å². The van der Waals surface area contributed by atoms with Crippen LogP contribution in [0.15, 0.2) is 77.3 Å². The number of hydrogen-bond donors (Lipinski definition) is 0. The summed E-state index contributed by atoms with van der Waals surface area (Å²) in [5.41, 5.74) is 2.48. The average Bonchev–Trinajstić information content (AvgIpc) is 3.27. The number of esters is 2. The summed E-state index contributed by atoms with van der Waals surface area (Å²) >= 11 is 0. The van der Waals surface area contributed by atoms with Gasteiger partial charge in [-0.15, -0.1) is 0 Å². The van der Waals surface area contributed by atoms with Gasteiger partial charge < -0.3 is 23.4 Å². The minimum atomic E-state index is -0.509. The van der Waals surface area contributed by atoms with Gasteiger partial charge in [0.1, 0.15) is 11.5 Å². The number of hydrogen-bond acceptors (Lipinski definition) is 7. The zero-order valence-corrected chi connectivity index (χ0v) is 20.3. The van der Waals surface area contributed by atoms with Gasteiger partial charge in [-0.3, -0.25) is 0 Å². The molecule has 2 aromatic carbocycles. The van der Waals surface area contributed by atoms with E-state index in [-0.39, 0.29) is 0 Å². The first-order valence-electron chi connectivity index (χ1n) is 10.9. The normalized spacial score (nSPS) is 10.4. The van der Waals surface area contributed by atoms with Crippen molar-refractivity contribution in [2.45, 2.75) is 26.7 Å². The Hall–Kier alpha value is -4.26. The molecule has 1 heterocycles. The highest BCUT2D eigenvalue weighted by molar-refractivity contribution is 5.89. The topological polar surface area (TPSA) is 84.2 Å². The van der Waals surface area contributed by atoms with E-state index in [1.54, 1.807) is 38.1 Å². The van der Waals surface area contributed by atoms with Crippen LogP contribution in [0, 0.1) is 0 Å². The lowest BCUT2D eigenvalue weighted by Gasteiger charge is -2.11. The Morgan fingerprint density at radius 1 is 0.686 bits per heavy atom. The molecule has 0 unspecified atom stereocenters. The molecular formula is C28H28O7. The second-order valence-corrected chi connectivity index (χ2v) is 8.03. The van der Waals surface area contributed by atoms with Gasteiger partial charge in [0.2, 0.25) is 0 Å². The molecule has 7 nitrogen and oxygen atoms in total. The minimum absolute atomic E-state index is 0.305. The Bertz CT molecular complexity index is 1170. The fraction of sp³-hybridized carbons (Fsp3) is 0.214. The van der Waals surface area contributed by atoms with Crippen molar-refractivity contribution in [2.75, 3.05) is 14.2 Å². The van der Waals surface area contributed by atoms with Crippen LogP contribution in [0.3, 0.4) is 0 Å². The van der Waals surface area contributed by atoms with Crippen molar-refractivity contribution in [3.05, 3.63) is 95.5 Å². The average molecular weight is 477 g/mol. The van der Waals surface area contributed by atoms with Gasteiger partial charge in [-0.05, 0) is 61.4 Å². The maximum Gasteiger partial charge on any atom is 0.338 e. The molecule has 0 amide bonds. The van der Waals surface area contributed by atoms with Gasteiger partial charge in [0, 0.05) is 24.0 Å². The van der Waals surface area contributed by atoms with Crippen LogP contribution in [0.25, 0.3) is 0 Å². The molecule has 0 saturated heterocycles. The fourth-order valence-corrected chi connectivity index (χ4v) is 3.20. The summed E-state index contributed by atoms with van der Waals surface area (Å²) in [5.74, 6) is 2.08. The van der Waals surface area contributed by atoms with Crippen molar-refractivity contribution in [1.29, 1.82) is 0 Å². The van der Waals surface area contributed by atoms with E-state index in [4.69, 9.17) is 23.4 Å². The molecular weight excluding hydrogens is 448 g/mol. The zero-order valence-electron chi connectivity index (χ0n) is 20.3. The summed E-state index contributed by atoms with van der Waals surface area (Å²) in [6, 6.07) is 14.5. The lowest BCUT2D eigenvalue weighted by molar-refractivity contribution is -0.131. The monoisotopic (exact) mass is 476 g/mol. The molecule has 0 bridgehead atoms. The van der Waals surface area contributed by atoms with Crippen LogP contribution in [0.4, 0.5) is 0 Å². The van der Waals surface area contributed by atoms with Crippen molar-refractivity contribution in [3.63, 3.8) is 0 Å². The van der Waals surface area contributed by atoms with E-state index in [1.807, 2.05) is 24.3 Å². The van der Waals surface area contributed by atoms with Gasteiger partial charge in [0.05, 0.1) is 14.2 Å². The van der Waals surface area contributed by atoms with Crippen molar-refractivity contribution >= 4 is 11.9 Å². The second-order valence-electron chi connectivity index (χ2n) is 8.03. The van der Waals surface area contributed by atoms with Crippen molar-refractivity contribution in [1.82, 2.24) is 0 Å². The molecule has 0 aliphatic heterocycles. The standard InChI is InChI=1S/C28H28O7/c1-17(2)27(29)34-23-11-7-19(15-25(23)31-5)13-21-9-10-22(33-21)14-20-8-12-24(26(16-20)32-6)35-28(30)18(3)4/h7-12,15-16H,1,3,13-14H2,2,4-6H3. The number of benzene rings is 2. The Kier molecular flexibility index (Phi) is 8.15. The van der Waals surface area contributed by atoms with Gasteiger partial charge in [0.25, 0.3) is 0 Å². The molecule has 0 spiro atoms. The molecule has 0 aliphatic carbocycles. The van der Waals surface area contributed by atoms with Crippen LogP contribution in [-0.2, 0) is 22.4 Å². The summed E-state index contributed by atoms with van der Waals surface area (Å²) in [7, 11) is 3.03. The first-order chi connectivity index (χ1) is 16.7. The number of carbonyl (C=O) groups is 2. The predicted octanol–water partition coefficient (Wildman–Crippen LogP) is 5.44. The van der Waals surface area contributed by atoms with Crippen molar-refractivity contribution < 1.29 is 33.0 Å². The molecule has 182 valence electrons. The second kappa shape index (κ2) is 11.2. The van der Waals surface area contributed by atoms with Crippen LogP contribution >= 0.6 is 0 Å². The summed E-state index contributed by atoms with van der Waals surface area (Å²) in [4.78, 5) is 23.6. The molecule has 7 heteroatoms. The highest BCUT2D eigenvalue weighted by atomic mass is 16.6. The zero-order chi connectivity index (χ0) is 25.5. The number of rotatable bonds is 10. The SMILES string of the molecule is C=C(C)C(=O)Oc1ccc(Cc2ccc(Cc3ccc(OC(=O)C(=C)C)c(OC)c3)o2)cc1OC. The molecule has 3 rings (SSSR count). The van der Waals surface area contributed by atoms with Crippen LogP contribution in [0.1, 0.15) is 36.5 Å². The molecule has 0 fully saturated rings.